The molecule has 15 heavy (non-hydrogen) atoms. The Kier molecular flexibility index (Phi) is 6.49. The second-order valence-electron chi connectivity index (χ2n) is 3.90. The van der Waals surface area contributed by atoms with E-state index < -0.39 is 0 Å². The third-order valence-electron chi connectivity index (χ3n) is 2.65. The summed E-state index contributed by atoms with van der Waals surface area (Å²) in [6.07, 6.45) is 7.20. The molecule has 2 heteroatoms. The molecule has 0 saturated heterocycles. The Morgan fingerprint density at radius 1 is 1.33 bits per heavy atom. The fourth-order valence-electron chi connectivity index (χ4n) is 1.53. The first-order valence-electron chi connectivity index (χ1n) is 5.90. The van der Waals surface area contributed by atoms with E-state index in [1.165, 1.54) is 31.4 Å². The maximum atomic E-state index is 4.33. The number of pyridine rings is 1. The molecule has 0 amide bonds. The lowest BCUT2D eigenvalue weighted by Crippen LogP contribution is -2.02. The number of unbranched alkanes of at least 4 members (excludes halogenated alkanes) is 1. The molecule has 0 aliphatic heterocycles. The molecule has 1 rings (SSSR count). The lowest BCUT2D eigenvalue weighted by Gasteiger charge is -2.13. The molecule has 1 aromatic heterocycles. The van der Waals surface area contributed by atoms with Crippen molar-refractivity contribution in [3.63, 3.8) is 0 Å². The fraction of sp³-hybridized carbons (Fsp3) is 0.615. The lowest BCUT2D eigenvalue weighted by molar-refractivity contribution is 0.499. The van der Waals surface area contributed by atoms with Crippen LogP contribution < -0.4 is 0 Å². The molecule has 1 unspecified atom stereocenters. The molecule has 0 bridgehead atoms. The first kappa shape index (κ1) is 12.6. The van der Waals surface area contributed by atoms with Gasteiger partial charge < -0.3 is 0 Å². The highest BCUT2D eigenvalue weighted by Crippen LogP contribution is 2.23. The van der Waals surface area contributed by atoms with Crippen LogP contribution in [0.4, 0.5) is 0 Å². The Labute approximate surface area is 97.7 Å². The van der Waals surface area contributed by atoms with Crippen LogP contribution in [0, 0.1) is 5.92 Å². The highest BCUT2D eigenvalue weighted by Gasteiger charge is 2.06. The van der Waals surface area contributed by atoms with Gasteiger partial charge in [0.05, 0.1) is 5.03 Å². The second kappa shape index (κ2) is 7.75. The van der Waals surface area contributed by atoms with Gasteiger partial charge in [0.25, 0.3) is 0 Å². The van der Waals surface area contributed by atoms with E-state index in [0.29, 0.717) is 0 Å². The molecule has 0 fully saturated rings. The molecule has 0 saturated carbocycles. The zero-order chi connectivity index (χ0) is 10.9. The maximum absolute atomic E-state index is 4.33. The predicted molar refractivity (Wildman–Crippen MR) is 68.3 cm³/mol. The summed E-state index contributed by atoms with van der Waals surface area (Å²) in [7, 11) is 0. The molecule has 0 aliphatic carbocycles. The molecule has 84 valence electrons. The van der Waals surface area contributed by atoms with Crippen LogP contribution in [0.25, 0.3) is 0 Å². The number of aromatic nitrogens is 1. The summed E-state index contributed by atoms with van der Waals surface area (Å²) >= 11 is 1.89. The maximum Gasteiger partial charge on any atom is 0.0959 e. The quantitative estimate of drug-likeness (QED) is 0.636. The Bertz CT molecular complexity index is 248. The number of rotatable bonds is 7. The fourth-order valence-corrected chi connectivity index (χ4v) is 2.65. The van der Waals surface area contributed by atoms with Crippen molar-refractivity contribution in [3.8, 4) is 0 Å². The molecular formula is C13H21NS. The molecule has 0 aromatic carbocycles. The van der Waals surface area contributed by atoms with Gasteiger partial charge in [0, 0.05) is 11.9 Å². The number of hydrogen-bond acceptors (Lipinski definition) is 2. The van der Waals surface area contributed by atoms with Crippen molar-refractivity contribution in [2.75, 3.05) is 5.75 Å². The van der Waals surface area contributed by atoms with Crippen LogP contribution in [-0.4, -0.2) is 10.7 Å². The van der Waals surface area contributed by atoms with Crippen LogP contribution in [-0.2, 0) is 0 Å². The minimum Gasteiger partial charge on any atom is -0.250 e. The summed E-state index contributed by atoms with van der Waals surface area (Å²) < 4.78 is 0. The van der Waals surface area contributed by atoms with E-state index >= 15 is 0 Å². The molecular weight excluding hydrogens is 202 g/mol. The number of thioether (sulfide) groups is 1. The first-order valence-corrected chi connectivity index (χ1v) is 6.89. The van der Waals surface area contributed by atoms with E-state index in [4.69, 9.17) is 0 Å². The van der Waals surface area contributed by atoms with E-state index in [2.05, 4.69) is 31.0 Å². The topological polar surface area (TPSA) is 12.9 Å². The minimum absolute atomic E-state index is 0.858. The standard InChI is InChI=1S/C13H21NS/c1-3-5-8-12(4-2)11-15-13-9-6-7-10-14-13/h6-7,9-10,12H,3-5,8,11H2,1-2H3. The van der Waals surface area contributed by atoms with Gasteiger partial charge in [0.2, 0.25) is 0 Å². The van der Waals surface area contributed by atoms with Gasteiger partial charge >= 0.3 is 0 Å². The third kappa shape index (κ3) is 5.22. The Balaban J connectivity index is 2.28. The molecule has 1 aromatic rings. The van der Waals surface area contributed by atoms with Gasteiger partial charge in [-0.15, -0.1) is 11.8 Å². The van der Waals surface area contributed by atoms with Gasteiger partial charge in [-0.1, -0.05) is 39.2 Å². The highest BCUT2D eigenvalue weighted by molar-refractivity contribution is 7.99. The van der Waals surface area contributed by atoms with Crippen LogP contribution in [0.3, 0.4) is 0 Å². The minimum atomic E-state index is 0.858. The average Bonchev–Trinajstić information content (AvgIpc) is 2.31. The van der Waals surface area contributed by atoms with Gasteiger partial charge in [0.15, 0.2) is 0 Å². The van der Waals surface area contributed by atoms with Gasteiger partial charge in [0.1, 0.15) is 0 Å². The van der Waals surface area contributed by atoms with Crippen molar-refractivity contribution >= 4 is 11.8 Å². The van der Waals surface area contributed by atoms with Crippen LogP contribution >= 0.6 is 11.8 Å². The summed E-state index contributed by atoms with van der Waals surface area (Å²) in [5, 5.41) is 1.16. The van der Waals surface area contributed by atoms with E-state index in [9.17, 15) is 0 Å². The normalized spacial score (nSPS) is 12.7. The zero-order valence-corrected chi connectivity index (χ0v) is 10.6. The van der Waals surface area contributed by atoms with E-state index in [1.54, 1.807) is 0 Å². The van der Waals surface area contributed by atoms with Gasteiger partial charge in [-0.2, -0.15) is 0 Å². The largest absolute Gasteiger partial charge is 0.250 e. The van der Waals surface area contributed by atoms with Crippen molar-refractivity contribution in [1.82, 2.24) is 4.98 Å². The number of nitrogens with zero attached hydrogens (tertiary/aromatic N) is 1. The van der Waals surface area contributed by atoms with E-state index in [-0.39, 0.29) is 0 Å². The molecule has 0 N–H and O–H groups in total. The van der Waals surface area contributed by atoms with Crippen LogP contribution in [0.2, 0.25) is 0 Å². The SMILES string of the molecule is CCCCC(CC)CSc1ccccn1. The average molecular weight is 223 g/mol. The van der Waals surface area contributed by atoms with Crippen LogP contribution in [0.5, 0.6) is 0 Å². The van der Waals surface area contributed by atoms with Crippen molar-refractivity contribution in [2.24, 2.45) is 5.92 Å². The molecule has 0 spiro atoms. The van der Waals surface area contributed by atoms with E-state index in [1.807, 2.05) is 24.0 Å². The smallest absolute Gasteiger partial charge is 0.0959 e. The summed E-state index contributed by atoms with van der Waals surface area (Å²) in [4.78, 5) is 4.33. The molecule has 0 aliphatic rings. The van der Waals surface area contributed by atoms with Crippen LogP contribution in [0.1, 0.15) is 39.5 Å². The van der Waals surface area contributed by atoms with Gasteiger partial charge in [-0.25, -0.2) is 4.98 Å². The first-order chi connectivity index (χ1) is 7.36. The van der Waals surface area contributed by atoms with Crippen molar-refractivity contribution in [2.45, 2.75) is 44.6 Å². The van der Waals surface area contributed by atoms with Crippen molar-refractivity contribution < 1.29 is 0 Å². The molecule has 1 atom stereocenters. The highest BCUT2D eigenvalue weighted by atomic mass is 32.2. The summed E-state index contributed by atoms with van der Waals surface area (Å²) in [5.74, 6) is 2.07. The number of hydrogen-bond donors (Lipinski definition) is 0. The van der Waals surface area contributed by atoms with Gasteiger partial charge in [-0.05, 0) is 24.5 Å². The van der Waals surface area contributed by atoms with Crippen molar-refractivity contribution in [1.29, 1.82) is 0 Å². The van der Waals surface area contributed by atoms with Crippen LogP contribution in [0.15, 0.2) is 29.4 Å². The Hall–Kier alpha value is -0.500. The summed E-state index contributed by atoms with van der Waals surface area (Å²) in [6, 6.07) is 6.12. The lowest BCUT2D eigenvalue weighted by atomic mass is 10.0. The Morgan fingerprint density at radius 3 is 2.80 bits per heavy atom. The molecule has 1 heterocycles. The third-order valence-corrected chi connectivity index (χ3v) is 3.82. The predicted octanol–water partition coefficient (Wildman–Crippen LogP) is 4.39. The molecule has 1 nitrogen and oxygen atoms in total. The van der Waals surface area contributed by atoms with E-state index in [0.717, 1.165) is 10.9 Å². The molecule has 0 radical (unpaired) electrons. The summed E-state index contributed by atoms with van der Waals surface area (Å²) in [6.45, 7) is 4.55. The summed E-state index contributed by atoms with van der Waals surface area (Å²) in [5.41, 5.74) is 0. The zero-order valence-electron chi connectivity index (χ0n) is 9.78. The van der Waals surface area contributed by atoms with Crippen molar-refractivity contribution in [3.05, 3.63) is 24.4 Å². The van der Waals surface area contributed by atoms with Gasteiger partial charge in [-0.3, -0.25) is 0 Å². The Morgan fingerprint density at radius 2 is 2.20 bits per heavy atom. The second-order valence-corrected chi connectivity index (χ2v) is 4.94. The monoisotopic (exact) mass is 223 g/mol.